The lowest BCUT2D eigenvalue weighted by molar-refractivity contribution is 0.0946. The van der Waals surface area contributed by atoms with Crippen molar-refractivity contribution in [3.63, 3.8) is 0 Å². The molecule has 25 heavy (non-hydrogen) atoms. The van der Waals surface area contributed by atoms with Crippen LogP contribution >= 0.6 is 0 Å². The first kappa shape index (κ1) is 16.4. The molecule has 0 spiro atoms. The molecule has 1 N–H and O–H groups in total. The van der Waals surface area contributed by atoms with Crippen molar-refractivity contribution in [2.75, 3.05) is 14.2 Å². The Morgan fingerprint density at radius 2 is 1.96 bits per heavy atom. The summed E-state index contributed by atoms with van der Waals surface area (Å²) < 4.78 is 12.1. The Morgan fingerprint density at radius 3 is 2.68 bits per heavy atom. The number of benzene rings is 1. The molecule has 0 bridgehead atoms. The highest BCUT2D eigenvalue weighted by Crippen LogP contribution is 2.30. The number of aromatic nitrogens is 4. The van der Waals surface area contributed by atoms with E-state index in [0.717, 1.165) is 5.69 Å². The van der Waals surface area contributed by atoms with Crippen molar-refractivity contribution in [1.29, 1.82) is 0 Å². The highest BCUT2D eigenvalue weighted by atomic mass is 16.5. The predicted octanol–water partition coefficient (Wildman–Crippen LogP) is 1.61. The molecule has 1 aromatic carbocycles. The van der Waals surface area contributed by atoms with Crippen LogP contribution in [0.5, 0.6) is 11.5 Å². The topological polar surface area (TPSA) is 91.2 Å². The van der Waals surface area contributed by atoms with Crippen LogP contribution in [-0.4, -0.2) is 40.1 Å². The first-order valence-corrected chi connectivity index (χ1v) is 7.53. The Balaban J connectivity index is 1.70. The summed E-state index contributed by atoms with van der Waals surface area (Å²) in [5, 5.41) is 10.9. The van der Waals surface area contributed by atoms with Crippen LogP contribution in [0, 0.1) is 0 Å². The van der Waals surface area contributed by atoms with Crippen molar-refractivity contribution in [2.24, 2.45) is 0 Å². The standard InChI is InChI=1S/C17H17N5O3/c1-24-15-5-3-4-14(16(15)25-2)17(23)19-10-12-11-22(21-20-12)13-6-8-18-9-7-13/h3-9,11H,10H2,1-2H3,(H,19,23). The number of carbonyl (C=O) groups excluding carboxylic acids is 1. The summed E-state index contributed by atoms with van der Waals surface area (Å²) in [6.45, 7) is 0.240. The molecule has 0 unspecified atom stereocenters. The van der Waals surface area contributed by atoms with Gasteiger partial charge in [-0.2, -0.15) is 0 Å². The van der Waals surface area contributed by atoms with Gasteiger partial charge in [-0.3, -0.25) is 9.78 Å². The minimum absolute atomic E-state index is 0.240. The van der Waals surface area contributed by atoms with Crippen molar-refractivity contribution < 1.29 is 14.3 Å². The summed E-state index contributed by atoms with van der Waals surface area (Å²) in [6.07, 6.45) is 5.10. The van der Waals surface area contributed by atoms with Crippen LogP contribution < -0.4 is 14.8 Å². The van der Waals surface area contributed by atoms with Crippen molar-refractivity contribution >= 4 is 5.91 Å². The van der Waals surface area contributed by atoms with Crippen LogP contribution in [0.15, 0.2) is 48.9 Å². The smallest absolute Gasteiger partial charge is 0.255 e. The summed E-state index contributed by atoms with van der Waals surface area (Å²) in [5.41, 5.74) is 1.87. The molecule has 2 heterocycles. The van der Waals surface area contributed by atoms with Crippen molar-refractivity contribution in [1.82, 2.24) is 25.3 Å². The summed E-state index contributed by atoms with van der Waals surface area (Å²) in [4.78, 5) is 16.4. The zero-order valence-corrected chi connectivity index (χ0v) is 13.8. The summed E-state index contributed by atoms with van der Waals surface area (Å²) in [6, 6.07) is 8.77. The lowest BCUT2D eigenvalue weighted by Gasteiger charge is -2.12. The fourth-order valence-corrected chi connectivity index (χ4v) is 2.33. The maximum Gasteiger partial charge on any atom is 0.255 e. The number of methoxy groups -OCH3 is 2. The van der Waals surface area contributed by atoms with E-state index < -0.39 is 0 Å². The molecule has 0 fully saturated rings. The van der Waals surface area contributed by atoms with E-state index in [1.165, 1.54) is 14.2 Å². The van der Waals surface area contributed by atoms with E-state index in [9.17, 15) is 4.79 Å². The van der Waals surface area contributed by atoms with Crippen molar-refractivity contribution in [2.45, 2.75) is 6.54 Å². The molecule has 3 aromatic rings. The number of nitrogens with zero attached hydrogens (tertiary/aromatic N) is 4. The van der Waals surface area contributed by atoms with Crippen LogP contribution in [0.2, 0.25) is 0 Å². The van der Waals surface area contributed by atoms with E-state index in [0.29, 0.717) is 22.8 Å². The number of hydrogen-bond acceptors (Lipinski definition) is 6. The monoisotopic (exact) mass is 339 g/mol. The van der Waals surface area contributed by atoms with E-state index in [1.54, 1.807) is 41.5 Å². The number of nitrogens with one attached hydrogen (secondary N) is 1. The number of para-hydroxylation sites is 1. The number of hydrogen-bond donors (Lipinski definition) is 1. The van der Waals surface area contributed by atoms with Gasteiger partial charge in [-0.1, -0.05) is 11.3 Å². The van der Waals surface area contributed by atoms with Crippen LogP contribution in [0.1, 0.15) is 16.1 Å². The number of rotatable bonds is 6. The molecule has 0 saturated carbocycles. The fraction of sp³-hybridized carbons (Fsp3) is 0.176. The van der Waals surface area contributed by atoms with Gasteiger partial charge in [-0.05, 0) is 24.3 Å². The highest BCUT2D eigenvalue weighted by molar-refractivity contribution is 5.97. The fourth-order valence-electron chi connectivity index (χ4n) is 2.33. The molecular weight excluding hydrogens is 322 g/mol. The van der Waals surface area contributed by atoms with E-state index >= 15 is 0 Å². The third-order valence-electron chi connectivity index (χ3n) is 3.55. The molecule has 0 saturated heterocycles. The highest BCUT2D eigenvalue weighted by Gasteiger charge is 2.16. The molecule has 2 aromatic heterocycles. The van der Waals surface area contributed by atoms with Crippen LogP contribution in [0.25, 0.3) is 5.69 Å². The SMILES string of the molecule is COc1cccc(C(=O)NCc2cn(-c3ccncc3)nn2)c1OC. The minimum atomic E-state index is -0.283. The quantitative estimate of drug-likeness (QED) is 0.734. The predicted molar refractivity (Wildman–Crippen MR) is 89.9 cm³/mol. The second-order valence-electron chi connectivity index (χ2n) is 5.08. The largest absolute Gasteiger partial charge is 0.493 e. The van der Waals surface area contributed by atoms with E-state index in [-0.39, 0.29) is 12.5 Å². The van der Waals surface area contributed by atoms with Gasteiger partial charge in [-0.25, -0.2) is 4.68 Å². The van der Waals surface area contributed by atoms with Gasteiger partial charge in [0.2, 0.25) is 0 Å². The van der Waals surface area contributed by atoms with Gasteiger partial charge in [0.25, 0.3) is 5.91 Å². The van der Waals surface area contributed by atoms with E-state index in [1.807, 2.05) is 12.1 Å². The van der Waals surface area contributed by atoms with Gasteiger partial charge in [-0.15, -0.1) is 5.10 Å². The zero-order valence-electron chi connectivity index (χ0n) is 13.8. The molecular formula is C17H17N5O3. The van der Waals surface area contributed by atoms with Crippen LogP contribution in [0.4, 0.5) is 0 Å². The first-order valence-electron chi connectivity index (χ1n) is 7.53. The van der Waals surface area contributed by atoms with Crippen molar-refractivity contribution in [3.05, 3.63) is 60.2 Å². The molecule has 8 nitrogen and oxygen atoms in total. The third kappa shape index (κ3) is 3.57. The van der Waals surface area contributed by atoms with Gasteiger partial charge in [0.05, 0.1) is 38.2 Å². The Bertz CT molecular complexity index is 864. The average molecular weight is 339 g/mol. The average Bonchev–Trinajstić information content (AvgIpc) is 3.15. The van der Waals surface area contributed by atoms with Gasteiger partial charge >= 0.3 is 0 Å². The first-order chi connectivity index (χ1) is 12.2. The Labute approximate surface area is 144 Å². The zero-order chi connectivity index (χ0) is 17.6. The number of pyridine rings is 1. The van der Waals surface area contributed by atoms with Crippen LogP contribution in [-0.2, 0) is 6.54 Å². The molecule has 128 valence electrons. The van der Waals surface area contributed by atoms with E-state index in [2.05, 4.69) is 20.6 Å². The number of ether oxygens (including phenoxy) is 2. The summed E-state index contributed by atoms with van der Waals surface area (Å²) in [7, 11) is 3.02. The Hall–Kier alpha value is -3.42. The van der Waals surface area contributed by atoms with Gasteiger partial charge in [0.1, 0.15) is 5.69 Å². The number of carbonyl (C=O) groups is 1. The van der Waals surface area contributed by atoms with Crippen LogP contribution in [0.3, 0.4) is 0 Å². The Morgan fingerprint density at radius 1 is 1.16 bits per heavy atom. The molecule has 0 aliphatic heterocycles. The van der Waals surface area contributed by atoms with Gasteiger partial charge in [0, 0.05) is 12.4 Å². The van der Waals surface area contributed by atoms with E-state index in [4.69, 9.17) is 9.47 Å². The Kier molecular flexibility index (Phi) is 4.89. The third-order valence-corrected chi connectivity index (χ3v) is 3.55. The lowest BCUT2D eigenvalue weighted by atomic mass is 10.1. The lowest BCUT2D eigenvalue weighted by Crippen LogP contribution is -2.23. The molecule has 0 aliphatic rings. The van der Waals surface area contributed by atoms with Gasteiger partial charge < -0.3 is 14.8 Å². The maximum atomic E-state index is 12.4. The van der Waals surface area contributed by atoms with Gasteiger partial charge in [0.15, 0.2) is 11.5 Å². The summed E-state index contributed by atoms with van der Waals surface area (Å²) >= 11 is 0. The normalized spacial score (nSPS) is 10.3. The number of amides is 1. The second kappa shape index (κ2) is 7.43. The molecule has 0 radical (unpaired) electrons. The molecule has 0 aliphatic carbocycles. The molecule has 8 heteroatoms. The second-order valence-corrected chi connectivity index (χ2v) is 5.08. The molecule has 0 atom stereocenters. The molecule has 1 amide bonds. The maximum absolute atomic E-state index is 12.4. The summed E-state index contributed by atoms with van der Waals surface area (Å²) in [5.74, 6) is 0.607. The molecule has 3 rings (SSSR count). The minimum Gasteiger partial charge on any atom is -0.493 e. The van der Waals surface area contributed by atoms with Crippen molar-refractivity contribution in [3.8, 4) is 17.2 Å².